The Kier molecular flexibility index (Phi) is 4.57. The number of hydrogen-bond acceptors (Lipinski definition) is 3. The Hall–Kier alpha value is -2.40. The predicted octanol–water partition coefficient (Wildman–Crippen LogP) is 3.52. The number of nitrogens with zero attached hydrogens (tertiary/aromatic N) is 1. The molecule has 0 aromatic heterocycles. The molecule has 0 saturated carbocycles. The molecule has 1 amide bonds. The van der Waals surface area contributed by atoms with Gasteiger partial charge in [0.2, 0.25) is 0 Å². The fourth-order valence-electron chi connectivity index (χ4n) is 2.81. The predicted molar refractivity (Wildman–Crippen MR) is 83.6 cm³/mol. The number of benzene rings is 2. The maximum absolute atomic E-state index is 13.1. The third-order valence-electron chi connectivity index (χ3n) is 4.01. The highest BCUT2D eigenvalue weighted by molar-refractivity contribution is 5.71. The van der Waals surface area contributed by atoms with Crippen LogP contribution in [0.2, 0.25) is 0 Å². The molecule has 5 heteroatoms. The lowest BCUT2D eigenvalue weighted by Gasteiger charge is -2.37. The van der Waals surface area contributed by atoms with Crippen molar-refractivity contribution >= 4 is 6.09 Å². The molecule has 2 aromatic rings. The van der Waals surface area contributed by atoms with E-state index in [0.717, 1.165) is 5.56 Å². The lowest BCUT2D eigenvalue weighted by Crippen LogP contribution is -2.43. The Morgan fingerprint density at radius 2 is 1.83 bits per heavy atom. The standard InChI is InChI=1S/C18H18FNO3/c19-14-8-6-13(7-9-14)17-12-15(21)10-11-20(17)18(22)23-16-4-2-1-3-5-16/h1-9,15,17,21H,10-12H2/t15-,17+/m1/s1. The molecule has 1 fully saturated rings. The Labute approximate surface area is 134 Å². The summed E-state index contributed by atoms with van der Waals surface area (Å²) in [6, 6.07) is 14.5. The fourth-order valence-corrected chi connectivity index (χ4v) is 2.81. The Morgan fingerprint density at radius 1 is 1.13 bits per heavy atom. The minimum atomic E-state index is -0.481. The number of carbonyl (C=O) groups excluding carboxylic acids is 1. The van der Waals surface area contributed by atoms with Crippen LogP contribution in [0.5, 0.6) is 5.75 Å². The molecule has 1 aliphatic rings. The van der Waals surface area contributed by atoms with Gasteiger partial charge in [0.25, 0.3) is 0 Å². The smallest absolute Gasteiger partial charge is 0.410 e. The van der Waals surface area contributed by atoms with Gasteiger partial charge in [-0.25, -0.2) is 9.18 Å². The van der Waals surface area contributed by atoms with Gasteiger partial charge in [-0.1, -0.05) is 30.3 Å². The summed E-state index contributed by atoms with van der Waals surface area (Å²) < 4.78 is 18.5. The Balaban J connectivity index is 1.80. The van der Waals surface area contributed by atoms with E-state index in [1.54, 1.807) is 41.3 Å². The third-order valence-corrected chi connectivity index (χ3v) is 4.01. The number of aliphatic hydroxyl groups is 1. The summed E-state index contributed by atoms with van der Waals surface area (Å²) in [5.74, 6) is 0.144. The molecule has 23 heavy (non-hydrogen) atoms. The van der Waals surface area contributed by atoms with Crippen LogP contribution in [0, 0.1) is 5.82 Å². The number of hydrogen-bond donors (Lipinski definition) is 1. The maximum Gasteiger partial charge on any atom is 0.415 e. The van der Waals surface area contributed by atoms with Crippen LogP contribution in [0.15, 0.2) is 54.6 Å². The minimum Gasteiger partial charge on any atom is -0.410 e. The summed E-state index contributed by atoms with van der Waals surface area (Å²) in [5.41, 5.74) is 0.787. The Morgan fingerprint density at radius 3 is 2.52 bits per heavy atom. The quantitative estimate of drug-likeness (QED) is 0.922. The minimum absolute atomic E-state index is 0.324. The highest BCUT2D eigenvalue weighted by atomic mass is 19.1. The molecule has 0 unspecified atom stereocenters. The second-order valence-corrected chi connectivity index (χ2v) is 5.62. The third kappa shape index (κ3) is 3.68. The van der Waals surface area contributed by atoms with Crippen LogP contribution in [0.3, 0.4) is 0 Å². The lowest BCUT2D eigenvalue weighted by atomic mass is 9.94. The van der Waals surface area contributed by atoms with Crippen molar-refractivity contribution in [1.82, 2.24) is 4.90 Å². The lowest BCUT2D eigenvalue weighted by molar-refractivity contribution is 0.0451. The van der Waals surface area contributed by atoms with Crippen molar-refractivity contribution in [3.8, 4) is 5.75 Å². The second kappa shape index (κ2) is 6.79. The molecule has 120 valence electrons. The highest BCUT2D eigenvalue weighted by Crippen LogP contribution is 2.32. The van der Waals surface area contributed by atoms with Crippen LogP contribution in [0.25, 0.3) is 0 Å². The van der Waals surface area contributed by atoms with Crippen LogP contribution in [0.1, 0.15) is 24.4 Å². The van der Waals surface area contributed by atoms with Crippen LogP contribution in [-0.2, 0) is 0 Å². The van der Waals surface area contributed by atoms with Crippen LogP contribution in [-0.4, -0.2) is 28.7 Å². The average Bonchev–Trinajstić information content (AvgIpc) is 2.56. The van der Waals surface area contributed by atoms with Crippen molar-refractivity contribution in [2.45, 2.75) is 25.0 Å². The first-order valence-corrected chi connectivity index (χ1v) is 7.60. The largest absolute Gasteiger partial charge is 0.415 e. The van der Waals surface area contributed by atoms with Gasteiger partial charge in [0, 0.05) is 6.54 Å². The number of halogens is 1. The van der Waals surface area contributed by atoms with Crippen LogP contribution in [0.4, 0.5) is 9.18 Å². The number of aliphatic hydroxyl groups excluding tert-OH is 1. The second-order valence-electron chi connectivity index (χ2n) is 5.62. The molecule has 1 aliphatic heterocycles. The zero-order chi connectivity index (χ0) is 16.2. The average molecular weight is 315 g/mol. The summed E-state index contributed by atoms with van der Waals surface area (Å²) in [7, 11) is 0. The molecule has 0 radical (unpaired) electrons. The molecule has 1 N–H and O–H groups in total. The SMILES string of the molecule is O=C(Oc1ccccc1)N1CC[C@@H](O)C[C@H]1c1ccc(F)cc1. The number of ether oxygens (including phenoxy) is 1. The van der Waals surface area contributed by atoms with Crippen molar-refractivity contribution in [3.05, 3.63) is 66.0 Å². The normalized spacial score (nSPS) is 21.0. The molecule has 1 heterocycles. The van der Waals surface area contributed by atoms with Crippen molar-refractivity contribution in [2.24, 2.45) is 0 Å². The van der Waals surface area contributed by atoms with Gasteiger partial charge in [-0.15, -0.1) is 0 Å². The number of carbonyl (C=O) groups is 1. The Bertz CT molecular complexity index is 660. The highest BCUT2D eigenvalue weighted by Gasteiger charge is 2.33. The molecule has 4 nitrogen and oxygen atoms in total. The number of para-hydroxylation sites is 1. The van der Waals surface area contributed by atoms with E-state index < -0.39 is 12.2 Å². The first-order chi connectivity index (χ1) is 11.1. The van der Waals surface area contributed by atoms with Gasteiger partial charge < -0.3 is 14.7 Å². The van der Waals surface area contributed by atoms with Crippen LogP contribution < -0.4 is 4.74 Å². The molecular formula is C18H18FNO3. The van der Waals surface area contributed by atoms with E-state index in [0.29, 0.717) is 25.1 Å². The zero-order valence-corrected chi connectivity index (χ0v) is 12.6. The van der Waals surface area contributed by atoms with Crippen molar-refractivity contribution in [3.63, 3.8) is 0 Å². The first kappa shape index (κ1) is 15.5. The maximum atomic E-state index is 13.1. The van der Waals surface area contributed by atoms with E-state index in [9.17, 15) is 14.3 Å². The van der Waals surface area contributed by atoms with Gasteiger partial charge in [-0.3, -0.25) is 0 Å². The molecular weight excluding hydrogens is 297 g/mol. The van der Waals surface area contributed by atoms with Crippen LogP contribution >= 0.6 is 0 Å². The molecule has 0 aliphatic carbocycles. The van der Waals surface area contributed by atoms with Gasteiger partial charge in [0.05, 0.1) is 12.1 Å². The summed E-state index contributed by atoms with van der Waals surface area (Å²) in [5, 5.41) is 9.93. The first-order valence-electron chi connectivity index (χ1n) is 7.60. The molecule has 0 bridgehead atoms. The molecule has 2 atom stereocenters. The number of rotatable bonds is 2. The van der Waals surface area contributed by atoms with E-state index >= 15 is 0 Å². The van der Waals surface area contributed by atoms with E-state index in [4.69, 9.17) is 4.74 Å². The van der Waals surface area contributed by atoms with E-state index in [2.05, 4.69) is 0 Å². The van der Waals surface area contributed by atoms with Crippen molar-refractivity contribution < 1.29 is 19.0 Å². The van der Waals surface area contributed by atoms with E-state index in [-0.39, 0.29) is 11.9 Å². The summed E-state index contributed by atoms with van der Waals surface area (Å²) >= 11 is 0. The summed E-state index contributed by atoms with van der Waals surface area (Å²) in [6.45, 7) is 0.398. The van der Waals surface area contributed by atoms with Gasteiger partial charge in [0.15, 0.2) is 0 Å². The van der Waals surface area contributed by atoms with Crippen molar-refractivity contribution in [2.75, 3.05) is 6.54 Å². The number of piperidine rings is 1. The summed E-state index contributed by atoms with van der Waals surface area (Å²) in [4.78, 5) is 14.1. The number of amides is 1. The molecule has 2 aromatic carbocycles. The van der Waals surface area contributed by atoms with Gasteiger partial charge in [0.1, 0.15) is 11.6 Å². The zero-order valence-electron chi connectivity index (χ0n) is 12.6. The molecule has 3 rings (SSSR count). The fraction of sp³-hybridized carbons (Fsp3) is 0.278. The topological polar surface area (TPSA) is 49.8 Å². The summed E-state index contributed by atoms with van der Waals surface area (Å²) in [6.07, 6.45) is -0.0276. The monoisotopic (exact) mass is 315 g/mol. The molecule has 0 spiro atoms. The van der Waals surface area contributed by atoms with Gasteiger partial charge >= 0.3 is 6.09 Å². The van der Waals surface area contributed by atoms with Gasteiger partial charge in [-0.05, 0) is 42.7 Å². The van der Waals surface area contributed by atoms with Gasteiger partial charge in [-0.2, -0.15) is 0 Å². The van der Waals surface area contributed by atoms with Crippen molar-refractivity contribution in [1.29, 1.82) is 0 Å². The number of likely N-dealkylation sites (tertiary alicyclic amines) is 1. The van der Waals surface area contributed by atoms with E-state index in [1.165, 1.54) is 12.1 Å². The molecule has 1 saturated heterocycles. The van der Waals surface area contributed by atoms with E-state index in [1.807, 2.05) is 6.07 Å².